The van der Waals surface area contributed by atoms with E-state index in [-0.39, 0.29) is 11.0 Å². The number of hydrogen-bond acceptors (Lipinski definition) is 3. The van der Waals surface area contributed by atoms with Gasteiger partial charge in [0, 0.05) is 11.5 Å². The fraction of sp³-hybridized carbons (Fsp3) is 0. The van der Waals surface area contributed by atoms with E-state index in [9.17, 15) is 18.4 Å². The molecular weight excluding hydrogens is 222 g/mol. The maximum Gasteiger partial charge on any atom is 0.377 e. The second-order valence-corrected chi connectivity index (χ2v) is 3.01. The molecule has 0 atom stereocenters. The third-order valence-electron chi connectivity index (χ3n) is 2.07. The summed E-state index contributed by atoms with van der Waals surface area (Å²) in [5.74, 6) is -5.46. The van der Waals surface area contributed by atoms with Gasteiger partial charge in [0.2, 0.25) is 0 Å². The SMILES string of the molecule is O=C(O)C(=O)c1c(F)cc(F)c2occc12. The van der Waals surface area contributed by atoms with E-state index in [0.717, 1.165) is 12.3 Å². The van der Waals surface area contributed by atoms with E-state index < -0.39 is 29.0 Å². The maximum absolute atomic E-state index is 13.3. The van der Waals surface area contributed by atoms with Gasteiger partial charge in [0.05, 0.1) is 11.8 Å². The molecule has 0 saturated carbocycles. The van der Waals surface area contributed by atoms with E-state index in [1.165, 1.54) is 0 Å². The number of carbonyl (C=O) groups is 2. The van der Waals surface area contributed by atoms with Gasteiger partial charge in [0.25, 0.3) is 5.78 Å². The first kappa shape index (κ1) is 10.3. The number of rotatable bonds is 2. The molecule has 0 fully saturated rings. The summed E-state index contributed by atoms with van der Waals surface area (Å²) in [7, 11) is 0. The highest BCUT2D eigenvalue weighted by atomic mass is 19.1. The number of hydrogen-bond donors (Lipinski definition) is 1. The lowest BCUT2D eigenvalue weighted by Crippen LogP contribution is -2.15. The lowest BCUT2D eigenvalue weighted by molar-refractivity contribution is -0.131. The molecule has 82 valence electrons. The van der Waals surface area contributed by atoms with Crippen LogP contribution in [0, 0.1) is 11.6 Å². The van der Waals surface area contributed by atoms with Gasteiger partial charge >= 0.3 is 5.97 Å². The smallest absolute Gasteiger partial charge is 0.377 e. The molecule has 2 aromatic rings. The van der Waals surface area contributed by atoms with Crippen LogP contribution in [0.5, 0.6) is 0 Å². The summed E-state index contributed by atoms with van der Waals surface area (Å²) in [5, 5.41) is 8.30. The number of aliphatic carboxylic acids is 1. The predicted molar refractivity (Wildman–Crippen MR) is 48.1 cm³/mol. The lowest BCUT2D eigenvalue weighted by atomic mass is 10.1. The van der Waals surface area contributed by atoms with Gasteiger partial charge in [-0.1, -0.05) is 0 Å². The van der Waals surface area contributed by atoms with Crippen molar-refractivity contribution in [3.63, 3.8) is 0 Å². The topological polar surface area (TPSA) is 67.5 Å². The molecule has 1 N–H and O–H groups in total. The Labute approximate surface area is 87.1 Å². The maximum atomic E-state index is 13.3. The molecular formula is C10H4F2O4. The number of furan rings is 1. The third kappa shape index (κ3) is 1.35. The highest BCUT2D eigenvalue weighted by Crippen LogP contribution is 2.26. The Hall–Kier alpha value is -2.24. The van der Waals surface area contributed by atoms with E-state index in [0.29, 0.717) is 6.07 Å². The summed E-state index contributed by atoms with van der Waals surface area (Å²) < 4.78 is 31.1. The number of ketones is 1. The molecule has 1 aromatic carbocycles. The van der Waals surface area contributed by atoms with Crippen molar-refractivity contribution in [2.45, 2.75) is 0 Å². The van der Waals surface area contributed by atoms with Crippen LogP contribution in [0.15, 0.2) is 22.8 Å². The average Bonchev–Trinajstić information content (AvgIpc) is 2.66. The zero-order valence-electron chi connectivity index (χ0n) is 7.66. The molecule has 0 aliphatic heterocycles. The molecule has 2 rings (SSSR count). The summed E-state index contributed by atoms with van der Waals surface area (Å²) in [5.41, 5.74) is -1.04. The van der Waals surface area contributed by atoms with Crippen molar-refractivity contribution >= 4 is 22.7 Å². The minimum atomic E-state index is -1.81. The van der Waals surface area contributed by atoms with Crippen LogP contribution < -0.4 is 0 Å². The number of carboxylic acid groups (broad SMARTS) is 1. The first-order valence-corrected chi connectivity index (χ1v) is 4.15. The Kier molecular flexibility index (Phi) is 2.19. The fourth-order valence-electron chi connectivity index (χ4n) is 1.41. The van der Waals surface area contributed by atoms with Gasteiger partial charge in [-0.25, -0.2) is 13.6 Å². The highest BCUT2D eigenvalue weighted by molar-refractivity contribution is 6.42. The number of halogens is 2. The van der Waals surface area contributed by atoms with Gasteiger partial charge in [-0.15, -0.1) is 0 Å². The van der Waals surface area contributed by atoms with Crippen LogP contribution in [0.4, 0.5) is 8.78 Å². The molecule has 0 spiro atoms. The van der Waals surface area contributed by atoms with Crippen LogP contribution in [-0.2, 0) is 4.79 Å². The lowest BCUT2D eigenvalue weighted by Gasteiger charge is -2.01. The average molecular weight is 226 g/mol. The van der Waals surface area contributed by atoms with Crippen molar-refractivity contribution < 1.29 is 27.9 Å². The number of fused-ring (bicyclic) bond motifs is 1. The minimum absolute atomic E-state index is 0.190. The standard InChI is InChI=1S/C10H4F2O4/c11-5-3-6(12)9-4(1-2-16-9)7(5)8(13)10(14)15/h1-3H,(H,14,15). The van der Waals surface area contributed by atoms with Crippen LogP contribution in [-0.4, -0.2) is 16.9 Å². The summed E-state index contributed by atoms with van der Waals surface area (Å²) in [4.78, 5) is 21.6. The van der Waals surface area contributed by atoms with Crippen molar-refractivity contribution in [2.24, 2.45) is 0 Å². The largest absolute Gasteiger partial charge is 0.475 e. The Morgan fingerprint density at radius 2 is 1.94 bits per heavy atom. The van der Waals surface area contributed by atoms with E-state index in [2.05, 4.69) is 4.42 Å². The van der Waals surface area contributed by atoms with E-state index in [1.807, 2.05) is 0 Å². The third-order valence-corrected chi connectivity index (χ3v) is 2.07. The number of benzene rings is 1. The van der Waals surface area contributed by atoms with Crippen molar-refractivity contribution in [2.75, 3.05) is 0 Å². The molecule has 0 aliphatic rings. The molecule has 1 heterocycles. The molecule has 0 amide bonds. The monoisotopic (exact) mass is 226 g/mol. The van der Waals surface area contributed by atoms with Crippen molar-refractivity contribution in [1.82, 2.24) is 0 Å². The molecule has 0 radical (unpaired) electrons. The molecule has 0 aliphatic carbocycles. The molecule has 0 bridgehead atoms. The molecule has 16 heavy (non-hydrogen) atoms. The zero-order chi connectivity index (χ0) is 11.9. The molecule has 4 nitrogen and oxygen atoms in total. The summed E-state index contributed by atoms with van der Waals surface area (Å²) in [6.45, 7) is 0. The first-order valence-electron chi connectivity index (χ1n) is 4.15. The zero-order valence-corrected chi connectivity index (χ0v) is 7.66. The normalized spacial score (nSPS) is 10.6. The number of Topliss-reactive ketones (excluding diaryl/α,β-unsaturated/α-hetero) is 1. The number of carbonyl (C=O) groups excluding carboxylic acids is 1. The van der Waals surface area contributed by atoms with Crippen LogP contribution >= 0.6 is 0 Å². The quantitative estimate of drug-likeness (QED) is 0.628. The fourth-order valence-corrected chi connectivity index (χ4v) is 1.41. The van der Waals surface area contributed by atoms with Crippen LogP contribution in [0.25, 0.3) is 11.0 Å². The van der Waals surface area contributed by atoms with Crippen LogP contribution in [0.1, 0.15) is 10.4 Å². The molecule has 0 unspecified atom stereocenters. The van der Waals surface area contributed by atoms with Crippen molar-refractivity contribution in [3.05, 3.63) is 35.6 Å². The summed E-state index contributed by atoms with van der Waals surface area (Å²) in [6, 6.07) is 1.56. The van der Waals surface area contributed by atoms with Gasteiger partial charge in [-0.3, -0.25) is 4.79 Å². The first-order chi connectivity index (χ1) is 7.52. The van der Waals surface area contributed by atoms with E-state index in [1.54, 1.807) is 0 Å². The number of carboxylic acids is 1. The summed E-state index contributed by atoms with van der Waals surface area (Å²) in [6.07, 6.45) is 1.05. The van der Waals surface area contributed by atoms with Gasteiger partial charge in [-0.05, 0) is 6.07 Å². The van der Waals surface area contributed by atoms with Crippen LogP contribution in [0.3, 0.4) is 0 Å². The Morgan fingerprint density at radius 3 is 2.56 bits per heavy atom. The molecule has 1 aromatic heterocycles. The Balaban J connectivity index is 2.83. The predicted octanol–water partition coefficient (Wildman–Crippen LogP) is 1.98. The van der Waals surface area contributed by atoms with E-state index >= 15 is 0 Å². The van der Waals surface area contributed by atoms with Gasteiger partial charge < -0.3 is 9.52 Å². The van der Waals surface area contributed by atoms with Crippen LogP contribution in [0.2, 0.25) is 0 Å². The Bertz CT molecular complexity index is 600. The second kappa shape index (κ2) is 3.41. The van der Waals surface area contributed by atoms with Crippen molar-refractivity contribution in [1.29, 1.82) is 0 Å². The Morgan fingerprint density at radius 1 is 1.25 bits per heavy atom. The molecule has 0 saturated heterocycles. The minimum Gasteiger partial charge on any atom is -0.475 e. The molecule has 6 heteroatoms. The highest BCUT2D eigenvalue weighted by Gasteiger charge is 2.24. The second-order valence-electron chi connectivity index (χ2n) is 3.01. The van der Waals surface area contributed by atoms with Crippen molar-refractivity contribution in [3.8, 4) is 0 Å². The van der Waals surface area contributed by atoms with Gasteiger partial charge in [-0.2, -0.15) is 0 Å². The summed E-state index contributed by atoms with van der Waals surface area (Å²) >= 11 is 0. The van der Waals surface area contributed by atoms with E-state index in [4.69, 9.17) is 5.11 Å². The van der Waals surface area contributed by atoms with Gasteiger partial charge in [0.1, 0.15) is 5.82 Å². The van der Waals surface area contributed by atoms with Gasteiger partial charge in [0.15, 0.2) is 11.4 Å².